The number of anilines is 1. The normalized spacial score (nSPS) is 11.1. The van der Waals surface area contributed by atoms with Crippen molar-refractivity contribution in [2.45, 2.75) is 33.3 Å². The van der Waals surface area contributed by atoms with Gasteiger partial charge in [0.2, 0.25) is 0 Å². The maximum atomic E-state index is 13.9. The summed E-state index contributed by atoms with van der Waals surface area (Å²) < 4.78 is 37.3. The van der Waals surface area contributed by atoms with Gasteiger partial charge in [-0.15, -0.1) is 0 Å². The number of benzene rings is 1. The molecule has 0 aromatic heterocycles. The van der Waals surface area contributed by atoms with Gasteiger partial charge in [0.15, 0.2) is 11.6 Å². The van der Waals surface area contributed by atoms with Crippen LogP contribution in [0.2, 0.25) is 0 Å². The molecule has 6 heteroatoms. The van der Waals surface area contributed by atoms with Crippen LogP contribution in [0.25, 0.3) is 0 Å². The van der Waals surface area contributed by atoms with E-state index in [0.717, 1.165) is 12.1 Å². The zero-order valence-electron chi connectivity index (χ0n) is 11.3. The van der Waals surface area contributed by atoms with E-state index in [1.165, 1.54) is 0 Å². The molecule has 0 heterocycles. The molecule has 1 aromatic rings. The molecule has 0 unspecified atom stereocenters. The SMILES string of the molecule is CCOc1ccc(F)c(NC(=O)OC(C)(C)C)c1F. The summed E-state index contributed by atoms with van der Waals surface area (Å²) in [5.41, 5.74) is -1.34. The van der Waals surface area contributed by atoms with Crippen molar-refractivity contribution >= 4 is 11.8 Å². The van der Waals surface area contributed by atoms with Crippen molar-refractivity contribution in [2.75, 3.05) is 11.9 Å². The maximum absolute atomic E-state index is 13.9. The van der Waals surface area contributed by atoms with Crippen LogP contribution in [0.3, 0.4) is 0 Å². The second kappa shape index (κ2) is 5.86. The van der Waals surface area contributed by atoms with E-state index in [2.05, 4.69) is 0 Å². The largest absolute Gasteiger partial charge is 0.491 e. The fourth-order valence-electron chi connectivity index (χ4n) is 1.32. The van der Waals surface area contributed by atoms with Crippen molar-refractivity contribution in [1.29, 1.82) is 0 Å². The molecule has 19 heavy (non-hydrogen) atoms. The van der Waals surface area contributed by atoms with Gasteiger partial charge in [0.1, 0.15) is 17.1 Å². The topological polar surface area (TPSA) is 47.6 Å². The van der Waals surface area contributed by atoms with Gasteiger partial charge in [-0.25, -0.2) is 13.6 Å². The molecule has 0 atom stereocenters. The van der Waals surface area contributed by atoms with E-state index in [-0.39, 0.29) is 12.4 Å². The van der Waals surface area contributed by atoms with E-state index < -0.39 is 29.0 Å². The summed E-state index contributed by atoms with van der Waals surface area (Å²) in [6.07, 6.45) is -0.932. The molecule has 4 nitrogen and oxygen atoms in total. The highest BCUT2D eigenvalue weighted by molar-refractivity contribution is 5.85. The predicted octanol–water partition coefficient (Wildman–Crippen LogP) is 3.71. The molecule has 0 fully saturated rings. The Balaban J connectivity index is 2.94. The third-order valence-corrected chi connectivity index (χ3v) is 1.98. The Labute approximate surface area is 110 Å². The first-order valence-corrected chi connectivity index (χ1v) is 5.85. The monoisotopic (exact) mass is 273 g/mol. The third-order valence-electron chi connectivity index (χ3n) is 1.98. The smallest absolute Gasteiger partial charge is 0.412 e. The zero-order chi connectivity index (χ0) is 14.6. The summed E-state index contributed by atoms with van der Waals surface area (Å²) in [6, 6.07) is 2.18. The van der Waals surface area contributed by atoms with Gasteiger partial charge < -0.3 is 9.47 Å². The first-order valence-electron chi connectivity index (χ1n) is 5.85. The first kappa shape index (κ1) is 15.2. The van der Waals surface area contributed by atoms with Gasteiger partial charge >= 0.3 is 6.09 Å². The number of carbonyl (C=O) groups is 1. The van der Waals surface area contributed by atoms with Crippen molar-refractivity contribution in [3.8, 4) is 5.75 Å². The summed E-state index contributed by atoms with van der Waals surface area (Å²) >= 11 is 0. The van der Waals surface area contributed by atoms with Crippen LogP contribution in [0.4, 0.5) is 19.3 Å². The molecular formula is C13H17F2NO3. The molecule has 1 aromatic carbocycles. The summed E-state index contributed by atoms with van der Waals surface area (Å²) in [6.45, 7) is 6.85. The Morgan fingerprint density at radius 2 is 1.95 bits per heavy atom. The van der Waals surface area contributed by atoms with Crippen LogP contribution < -0.4 is 10.1 Å². The molecule has 0 saturated heterocycles. The molecule has 1 rings (SSSR count). The minimum Gasteiger partial charge on any atom is -0.491 e. The quantitative estimate of drug-likeness (QED) is 0.913. The van der Waals surface area contributed by atoms with E-state index in [9.17, 15) is 13.6 Å². The molecule has 0 bridgehead atoms. The number of hydrogen-bond donors (Lipinski definition) is 1. The van der Waals surface area contributed by atoms with Gasteiger partial charge in [0.05, 0.1) is 6.61 Å². The minimum atomic E-state index is -0.965. The summed E-state index contributed by atoms with van der Waals surface area (Å²) in [5, 5.41) is 2.04. The van der Waals surface area contributed by atoms with E-state index in [1.54, 1.807) is 27.7 Å². The van der Waals surface area contributed by atoms with Crippen LogP contribution in [0.5, 0.6) is 5.75 Å². The predicted molar refractivity (Wildman–Crippen MR) is 67.4 cm³/mol. The highest BCUT2D eigenvalue weighted by Gasteiger charge is 2.21. The van der Waals surface area contributed by atoms with Crippen molar-refractivity contribution < 1.29 is 23.0 Å². The van der Waals surface area contributed by atoms with E-state index in [4.69, 9.17) is 9.47 Å². The van der Waals surface area contributed by atoms with Gasteiger partial charge in [0.25, 0.3) is 0 Å². The van der Waals surface area contributed by atoms with Gasteiger partial charge in [-0.3, -0.25) is 5.32 Å². The minimum absolute atomic E-state index is 0.130. The van der Waals surface area contributed by atoms with Gasteiger partial charge in [-0.1, -0.05) is 0 Å². The molecule has 1 amide bonds. The van der Waals surface area contributed by atoms with Crippen molar-refractivity contribution in [2.24, 2.45) is 0 Å². The molecule has 0 spiro atoms. The number of hydrogen-bond acceptors (Lipinski definition) is 3. The van der Waals surface area contributed by atoms with Crippen LogP contribution in [-0.2, 0) is 4.74 Å². The lowest BCUT2D eigenvalue weighted by Crippen LogP contribution is -2.27. The molecule has 1 N–H and O–H groups in total. The summed E-state index contributed by atoms with van der Waals surface area (Å²) in [4.78, 5) is 11.5. The summed E-state index contributed by atoms with van der Waals surface area (Å²) in [5.74, 6) is -1.99. The molecule has 0 aliphatic carbocycles. The fourth-order valence-corrected chi connectivity index (χ4v) is 1.32. The van der Waals surface area contributed by atoms with Crippen molar-refractivity contribution in [1.82, 2.24) is 0 Å². The number of amides is 1. The molecular weight excluding hydrogens is 256 g/mol. The van der Waals surface area contributed by atoms with Gasteiger partial charge in [0, 0.05) is 0 Å². The van der Waals surface area contributed by atoms with E-state index in [0.29, 0.717) is 0 Å². The lowest BCUT2D eigenvalue weighted by Gasteiger charge is -2.20. The number of halogens is 2. The number of rotatable bonds is 3. The molecule has 0 radical (unpaired) electrons. The number of ether oxygens (including phenoxy) is 2. The summed E-state index contributed by atoms with van der Waals surface area (Å²) in [7, 11) is 0. The Kier molecular flexibility index (Phi) is 4.69. The Hall–Kier alpha value is -1.85. The Morgan fingerprint density at radius 1 is 1.32 bits per heavy atom. The van der Waals surface area contributed by atoms with Crippen LogP contribution in [0, 0.1) is 11.6 Å². The second-order valence-corrected chi connectivity index (χ2v) is 4.79. The highest BCUT2D eigenvalue weighted by Crippen LogP contribution is 2.28. The van der Waals surface area contributed by atoms with Crippen LogP contribution in [-0.4, -0.2) is 18.3 Å². The highest BCUT2D eigenvalue weighted by atomic mass is 19.1. The number of carbonyl (C=O) groups excluding carboxylic acids is 1. The average molecular weight is 273 g/mol. The average Bonchev–Trinajstić information content (AvgIpc) is 2.26. The van der Waals surface area contributed by atoms with Crippen molar-refractivity contribution in [3.63, 3.8) is 0 Å². The first-order chi connectivity index (χ1) is 8.74. The van der Waals surface area contributed by atoms with Gasteiger partial charge in [-0.2, -0.15) is 0 Å². The van der Waals surface area contributed by atoms with Crippen LogP contribution in [0.1, 0.15) is 27.7 Å². The second-order valence-electron chi connectivity index (χ2n) is 4.79. The van der Waals surface area contributed by atoms with Gasteiger partial charge in [-0.05, 0) is 39.8 Å². The third kappa shape index (κ3) is 4.39. The van der Waals surface area contributed by atoms with Crippen molar-refractivity contribution in [3.05, 3.63) is 23.8 Å². The molecule has 0 aliphatic rings. The Bertz CT molecular complexity index is 470. The lowest BCUT2D eigenvalue weighted by atomic mass is 10.2. The Morgan fingerprint density at radius 3 is 2.47 bits per heavy atom. The molecule has 0 saturated carbocycles. The zero-order valence-corrected chi connectivity index (χ0v) is 11.3. The van der Waals surface area contributed by atoms with E-state index >= 15 is 0 Å². The molecule has 106 valence electrons. The fraction of sp³-hybridized carbons (Fsp3) is 0.462. The standard InChI is InChI=1S/C13H17F2NO3/c1-5-18-9-7-6-8(14)11(10(9)15)16-12(17)19-13(2,3)4/h6-7H,5H2,1-4H3,(H,16,17). The maximum Gasteiger partial charge on any atom is 0.412 e. The van der Waals surface area contributed by atoms with Crippen LogP contribution >= 0.6 is 0 Å². The lowest BCUT2D eigenvalue weighted by molar-refractivity contribution is 0.0634. The number of nitrogens with one attached hydrogen (secondary N) is 1. The van der Waals surface area contributed by atoms with E-state index in [1.807, 2.05) is 5.32 Å². The van der Waals surface area contributed by atoms with Crippen LogP contribution in [0.15, 0.2) is 12.1 Å². The molecule has 0 aliphatic heterocycles.